The van der Waals surface area contributed by atoms with Crippen molar-refractivity contribution in [3.63, 3.8) is 0 Å². The topological polar surface area (TPSA) is 51.4 Å². The average molecular weight is 223 g/mol. The molecule has 0 saturated carbocycles. The van der Waals surface area contributed by atoms with Crippen LogP contribution in [0.1, 0.15) is 19.3 Å². The van der Waals surface area contributed by atoms with Crippen molar-refractivity contribution >= 4 is 5.69 Å². The maximum absolute atomic E-state index is 5.46. The van der Waals surface area contributed by atoms with Crippen LogP contribution < -0.4 is 15.4 Å². The number of pyridine rings is 1. The van der Waals surface area contributed by atoms with Gasteiger partial charge in [-0.2, -0.15) is 0 Å². The van der Waals surface area contributed by atoms with Crippen LogP contribution in [-0.2, 0) is 0 Å². The standard InChI is InChI=1S/C12H21N3O/c1-15(9-5-3-4-7-13)11-6-8-14-12(10-11)16-2/h6,8,10H,3-5,7,9,13H2,1-2H3. The van der Waals surface area contributed by atoms with Crippen molar-refractivity contribution in [2.24, 2.45) is 5.73 Å². The van der Waals surface area contributed by atoms with E-state index in [1.54, 1.807) is 13.3 Å². The van der Waals surface area contributed by atoms with Gasteiger partial charge in [0.2, 0.25) is 5.88 Å². The number of hydrogen-bond donors (Lipinski definition) is 1. The van der Waals surface area contributed by atoms with Crippen LogP contribution in [0.2, 0.25) is 0 Å². The predicted octanol–water partition coefficient (Wildman–Crippen LogP) is 1.66. The summed E-state index contributed by atoms with van der Waals surface area (Å²) in [5, 5.41) is 0. The Morgan fingerprint density at radius 3 is 2.88 bits per heavy atom. The Balaban J connectivity index is 2.42. The molecule has 0 atom stereocenters. The van der Waals surface area contributed by atoms with Crippen LogP contribution in [0.3, 0.4) is 0 Å². The van der Waals surface area contributed by atoms with Gasteiger partial charge in [0.1, 0.15) is 0 Å². The molecule has 0 aliphatic carbocycles. The molecule has 4 nitrogen and oxygen atoms in total. The van der Waals surface area contributed by atoms with Crippen molar-refractivity contribution in [2.75, 3.05) is 32.1 Å². The predicted molar refractivity (Wildman–Crippen MR) is 67.0 cm³/mol. The molecule has 0 unspecified atom stereocenters. The number of nitrogens with two attached hydrogens (primary N) is 1. The third-order valence-corrected chi connectivity index (χ3v) is 2.57. The number of methoxy groups -OCH3 is 1. The molecule has 0 bridgehead atoms. The molecule has 1 rings (SSSR count). The highest BCUT2D eigenvalue weighted by molar-refractivity contribution is 5.47. The van der Waals surface area contributed by atoms with E-state index in [1.807, 2.05) is 12.1 Å². The van der Waals surface area contributed by atoms with E-state index in [4.69, 9.17) is 10.5 Å². The highest BCUT2D eigenvalue weighted by atomic mass is 16.5. The molecule has 4 heteroatoms. The molecule has 1 heterocycles. The Morgan fingerprint density at radius 1 is 1.38 bits per heavy atom. The second-order valence-corrected chi connectivity index (χ2v) is 3.83. The largest absolute Gasteiger partial charge is 0.481 e. The summed E-state index contributed by atoms with van der Waals surface area (Å²) in [4.78, 5) is 6.29. The van der Waals surface area contributed by atoms with Crippen LogP contribution in [0.5, 0.6) is 5.88 Å². The van der Waals surface area contributed by atoms with Gasteiger partial charge in [-0.1, -0.05) is 6.42 Å². The van der Waals surface area contributed by atoms with Gasteiger partial charge in [0.25, 0.3) is 0 Å². The molecule has 0 amide bonds. The second kappa shape index (κ2) is 7.06. The first-order valence-corrected chi connectivity index (χ1v) is 5.69. The van der Waals surface area contributed by atoms with Gasteiger partial charge in [-0.25, -0.2) is 4.98 Å². The molecule has 0 radical (unpaired) electrons. The average Bonchev–Trinajstić information content (AvgIpc) is 2.34. The molecule has 0 aromatic carbocycles. The summed E-state index contributed by atoms with van der Waals surface area (Å²) in [6.07, 6.45) is 5.22. The first-order valence-electron chi connectivity index (χ1n) is 5.69. The van der Waals surface area contributed by atoms with Crippen LogP contribution in [-0.4, -0.2) is 32.2 Å². The van der Waals surface area contributed by atoms with Crippen molar-refractivity contribution in [3.8, 4) is 5.88 Å². The van der Waals surface area contributed by atoms with Gasteiger partial charge < -0.3 is 15.4 Å². The molecule has 0 aliphatic heterocycles. The lowest BCUT2D eigenvalue weighted by molar-refractivity contribution is 0.398. The van der Waals surface area contributed by atoms with Gasteiger partial charge in [0, 0.05) is 31.5 Å². The highest BCUT2D eigenvalue weighted by Gasteiger charge is 2.02. The van der Waals surface area contributed by atoms with Gasteiger partial charge in [0.15, 0.2) is 0 Å². The van der Waals surface area contributed by atoms with Gasteiger partial charge in [-0.3, -0.25) is 0 Å². The molecule has 2 N–H and O–H groups in total. The zero-order chi connectivity index (χ0) is 11.8. The third kappa shape index (κ3) is 4.06. The monoisotopic (exact) mass is 223 g/mol. The van der Waals surface area contributed by atoms with E-state index in [0.29, 0.717) is 5.88 Å². The van der Waals surface area contributed by atoms with Crippen LogP contribution in [0, 0.1) is 0 Å². The first kappa shape index (κ1) is 12.8. The Hall–Kier alpha value is -1.29. The molecular weight excluding hydrogens is 202 g/mol. The van der Waals surface area contributed by atoms with Crippen LogP contribution in [0.4, 0.5) is 5.69 Å². The minimum atomic E-state index is 0.659. The van der Waals surface area contributed by atoms with E-state index in [-0.39, 0.29) is 0 Å². The minimum Gasteiger partial charge on any atom is -0.481 e. The lowest BCUT2D eigenvalue weighted by Crippen LogP contribution is -2.18. The molecule has 90 valence electrons. The number of unbranched alkanes of at least 4 members (excludes halogenated alkanes) is 2. The van der Waals surface area contributed by atoms with Crippen LogP contribution in [0.15, 0.2) is 18.3 Å². The lowest BCUT2D eigenvalue weighted by Gasteiger charge is -2.19. The SMILES string of the molecule is COc1cc(N(C)CCCCCN)ccn1. The number of ether oxygens (including phenoxy) is 1. The molecule has 0 fully saturated rings. The Morgan fingerprint density at radius 2 is 2.19 bits per heavy atom. The van der Waals surface area contributed by atoms with E-state index >= 15 is 0 Å². The molecular formula is C12H21N3O. The molecule has 1 aromatic rings. The minimum absolute atomic E-state index is 0.659. The van der Waals surface area contributed by atoms with Gasteiger partial charge in [-0.15, -0.1) is 0 Å². The molecule has 1 aromatic heterocycles. The normalized spacial score (nSPS) is 10.2. The lowest BCUT2D eigenvalue weighted by atomic mass is 10.2. The van der Waals surface area contributed by atoms with Crippen molar-refractivity contribution in [3.05, 3.63) is 18.3 Å². The number of anilines is 1. The van der Waals surface area contributed by atoms with Crippen molar-refractivity contribution < 1.29 is 4.74 Å². The molecule has 0 spiro atoms. The summed E-state index contributed by atoms with van der Waals surface area (Å²) in [5.74, 6) is 0.659. The molecule has 16 heavy (non-hydrogen) atoms. The smallest absolute Gasteiger partial charge is 0.214 e. The maximum Gasteiger partial charge on any atom is 0.214 e. The zero-order valence-electron chi connectivity index (χ0n) is 10.1. The Labute approximate surface area is 97.4 Å². The summed E-state index contributed by atoms with van der Waals surface area (Å²) in [6.45, 7) is 1.82. The Kier molecular flexibility index (Phi) is 5.64. The molecule has 0 saturated heterocycles. The summed E-state index contributed by atoms with van der Waals surface area (Å²) >= 11 is 0. The number of nitrogens with zero attached hydrogens (tertiary/aromatic N) is 2. The zero-order valence-corrected chi connectivity index (χ0v) is 10.1. The first-order chi connectivity index (χ1) is 7.77. The van der Waals surface area contributed by atoms with Crippen molar-refractivity contribution in [2.45, 2.75) is 19.3 Å². The fraction of sp³-hybridized carbons (Fsp3) is 0.583. The number of hydrogen-bond acceptors (Lipinski definition) is 4. The van der Waals surface area contributed by atoms with E-state index < -0.39 is 0 Å². The van der Waals surface area contributed by atoms with Gasteiger partial charge in [0.05, 0.1) is 7.11 Å². The van der Waals surface area contributed by atoms with Gasteiger partial charge >= 0.3 is 0 Å². The second-order valence-electron chi connectivity index (χ2n) is 3.83. The highest BCUT2D eigenvalue weighted by Crippen LogP contribution is 2.17. The quantitative estimate of drug-likeness (QED) is 0.714. The van der Waals surface area contributed by atoms with Crippen LogP contribution >= 0.6 is 0 Å². The van der Waals surface area contributed by atoms with Crippen molar-refractivity contribution in [1.82, 2.24) is 4.98 Å². The van der Waals surface area contributed by atoms with Crippen molar-refractivity contribution in [1.29, 1.82) is 0 Å². The summed E-state index contributed by atoms with van der Waals surface area (Å²) in [7, 11) is 3.71. The summed E-state index contributed by atoms with van der Waals surface area (Å²) < 4.78 is 5.09. The van der Waals surface area contributed by atoms with Gasteiger partial charge in [-0.05, 0) is 25.5 Å². The molecule has 0 aliphatic rings. The number of aromatic nitrogens is 1. The van der Waals surface area contributed by atoms with E-state index in [9.17, 15) is 0 Å². The van der Waals surface area contributed by atoms with E-state index in [2.05, 4.69) is 16.9 Å². The fourth-order valence-electron chi connectivity index (χ4n) is 1.55. The van der Waals surface area contributed by atoms with E-state index in [0.717, 1.165) is 25.2 Å². The fourth-order valence-corrected chi connectivity index (χ4v) is 1.55. The summed E-state index contributed by atoms with van der Waals surface area (Å²) in [6, 6.07) is 3.94. The Bertz CT molecular complexity index is 304. The van der Waals surface area contributed by atoms with E-state index in [1.165, 1.54) is 12.8 Å². The van der Waals surface area contributed by atoms with Crippen LogP contribution in [0.25, 0.3) is 0 Å². The third-order valence-electron chi connectivity index (χ3n) is 2.57. The maximum atomic E-state index is 5.46. The summed E-state index contributed by atoms with van der Waals surface area (Å²) in [5.41, 5.74) is 6.59. The number of rotatable bonds is 7.